The fourth-order valence-corrected chi connectivity index (χ4v) is 2.69. The summed E-state index contributed by atoms with van der Waals surface area (Å²) < 4.78 is 4.05. The van der Waals surface area contributed by atoms with Crippen LogP contribution in [0.5, 0.6) is 0 Å². The van der Waals surface area contributed by atoms with E-state index in [0.717, 1.165) is 35.5 Å². The van der Waals surface area contributed by atoms with Crippen LogP contribution in [0.2, 0.25) is 0 Å². The molecule has 5 heteroatoms. The molecule has 0 aliphatic carbocycles. The summed E-state index contributed by atoms with van der Waals surface area (Å²) >= 11 is 0. The molecule has 0 aliphatic rings. The lowest BCUT2D eigenvalue weighted by Crippen LogP contribution is -2.11. The Kier molecular flexibility index (Phi) is 3.75. The first-order valence-electron chi connectivity index (χ1n) is 7.29. The zero-order valence-corrected chi connectivity index (χ0v) is 12.4. The minimum atomic E-state index is -0.588. The largest absolute Gasteiger partial charge is 0.386 e. The first kappa shape index (κ1) is 13.8. The third-order valence-corrected chi connectivity index (χ3v) is 3.81. The van der Waals surface area contributed by atoms with Crippen molar-refractivity contribution in [2.75, 3.05) is 0 Å². The SMILES string of the molecule is CCCn1cncc1C(O)Cc1nc2ccccc2n1C. The standard InChI is InChI=1S/C16H20N4O/c1-3-8-20-11-17-10-14(20)15(21)9-16-18-12-6-4-5-7-13(12)19(16)2/h4-7,10-11,15,21H,3,8-9H2,1-2H3. The summed E-state index contributed by atoms with van der Waals surface area (Å²) in [4.78, 5) is 8.76. The summed E-state index contributed by atoms with van der Waals surface area (Å²) in [5, 5.41) is 10.5. The van der Waals surface area contributed by atoms with Crippen LogP contribution in [0.3, 0.4) is 0 Å². The number of nitrogens with zero attached hydrogens (tertiary/aromatic N) is 4. The molecule has 0 saturated carbocycles. The average Bonchev–Trinajstić information content (AvgIpc) is 3.06. The molecule has 21 heavy (non-hydrogen) atoms. The predicted octanol–water partition coefficient (Wildman–Crippen LogP) is 2.46. The summed E-state index contributed by atoms with van der Waals surface area (Å²) in [5.74, 6) is 0.882. The monoisotopic (exact) mass is 284 g/mol. The Bertz CT molecular complexity index is 744. The molecular weight excluding hydrogens is 264 g/mol. The molecule has 3 rings (SSSR count). The maximum atomic E-state index is 10.5. The number of rotatable bonds is 5. The number of fused-ring (bicyclic) bond motifs is 1. The number of benzene rings is 1. The van der Waals surface area contributed by atoms with Crippen molar-refractivity contribution in [2.24, 2.45) is 7.05 Å². The Balaban J connectivity index is 1.87. The number of aliphatic hydroxyl groups is 1. The van der Waals surface area contributed by atoms with Gasteiger partial charge in [-0.3, -0.25) is 0 Å². The molecule has 1 aromatic carbocycles. The van der Waals surface area contributed by atoms with E-state index in [-0.39, 0.29) is 0 Å². The van der Waals surface area contributed by atoms with Gasteiger partial charge in [0, 0.05) is 20.0 Å². The van der Waals surface area contributed by atoms with Gasteiger partial charge in [-0.25, -0.2) is 9.97 Å². The van der Waals surface area contributed by atoms with Gasteiger partial charge in [-0.05, 0) is 18.6 Å². The lowest BCUT2D eigenvalue weighted by molar-refractivity contribution is 0.165. The van der Waals surface area contributed by atoms with E-state index in [0.29, 0.717) is 6.42 Å². The second-order valence-electron chi connectivity index (χ2n) is 5.31. The first-order valence-corrected chi connectivity index (χ1v) is 7.29. The molecule has 0 amide bonds. The van der Waals surface area contributed by atoms with Gasteiger partial charge in [0.15, 0.2) is 0 Å². The van der Waals surface area contributed by atoms with Crippen LogP contribution >= 0.6 is 0 Å². The number of para-hydroxylation sites is 2. The van der Waals surface area contributed by atoms with E-state index in [1.165, 1.54) is 0 Å². The molecule has 1 atom stereocenters. The van der Waals surface area contributed by atoms with Crippen molar-refractivity contribution in [1.29, 1.82) is 0 Å². The Morgan fingerprint density at radius 2 is 2.10 bits per heavy atom. The van der Waals surface area contributed by atoms with E-state index in [2.05, 4.69) is 16.9 Å². The molecule has 0 radical (unpaired) electrons. The summed E-state index contributed by atoms with van der Waals surface area (Å²) in [6.07, 6.45) is 4.43. The van der Waals surface area contributed by atoms with Crippen molar-refractivity contribution in [3.63, 3.8) is 0 Å². The van der Waals surface area contributed by atoms with Gasteiger partial charge in [-0.1, -0.05) is 19.1 Å². The number of hydrogen-bond donors (Lipinski definition) is 1. The molecule has 3 aromatic rings. The molecule has 0 spiro atoms. The van der Waals surface area contributed by atoms with Gasteiger partial charge in [0.25, 0.3) is 0 Å². The molecular formula is C16H20N4O. The quantitative estimate of drug-likeness (QED) is 0.783. The van der Waals surface area contributed by atoms with E-state index >= 15 is 0 Å². The van der Waals surface area contributed by atoms with Crippen LogP contribution in [0.1, 0.15) is 31.0 Å². The average molecular weight is 284 g/mol. The summed E-state index contributed by atoms with van der Waals surface area (Å²) in [6, 6.07) is 8.01. The number of aliphatic hydroxyl groups excluding tert-OH is 1. The summed E-state index contributed by atoms with van der Waals surface area (Å²) in [5.41, 5.74) is 2.90. The van der Waals surface area contributed by atoms with Gasteiger partial charge >= 0.3 is 0 Å². The highest BCUT2D eigenvalue weighted by molar-refractivity contribution is 5.75. The molecule has 0 aliphatic heterocycles. The molecule has 0 saturated heterocycles. The van der Waals surface area contributed by atoms with Crippen LogP contribution in [0.25, 0.3) is 11.0 Å². The lowest BCUT2D eigenvalue weighted by atomic mass is 10.2. The van der Waals surface area contributed by atoms with Crippen LogP contribution in [0.15, 0.2) is 36.8 Å². The highest BCUT2D eigenvalue weighted by atomic mass is 16.3. The minimum absolute atomic E-state index is 0.487. The van der Waals surface area contributed by atoms with Gasteiger partial charge in [0.2, 0.25) is 0 Å². The number of hydrogen-bond acceptors (Lipinski definition) is 3. The van der Waals surface area contributed by atoms with Crippen LogP contribution in [0, 0.1) is 0 Å². The third-order valence-electron chi connectivity index (χ3n) is 3.81. The number of aromatic nitrogens is 4. The fraction of sp³-hybridized carbons (Fsp3) is 0.375. The number of imidazole rings is 2. The molecule has 2 aromatic heterocycles. The Morgan fingerprint density at radius 1 is 1.29 bits per heavy atom. The van der Waals surface area contributed by atoms with Crippen molar-refractivity contribution in [1.82, 2.24) is 19.1 Å². The highest BCUT2D eigenvalue weighted by Gasteiger charge is 2.17. The van der Waals surface area contributed by atoms with Crippen molar-refractivity contribution >= 4 is 11.0 Å². The van der Waals surface area contributed by atoms with Crippen LogP contribution in [-0.4, -0.2) is 24.2 Å². The third kappa shape index (κ3) is 2.56. The molecule has 5 nitrogen and oxygen atoms in total. The van der Waals surface area contributed by atoms with Gasteiger partial charge in [0.05, 0.1) is 29.3 Å². The second kappa shape index (κ2) is 5.69. The zero-order chi connectivity index (χ0) is 14.8. The Hall–Kier alpha value is -2.14. The van der Waals surface area contributed by atoms with Gasteiger partial charge < -0.3 is 14.2 Å². The second-order valence-corrected chi connectivity index (χ2v) is 5.31. The van der Waals surface area contributed by atoms with Crippen molar-refractivity contribution in [3.8, 4) is 0 Å². The summed E-state index contributed by atoms with van der Waals surface area (Å²) in [6.45, 7) is 2.98. The minimum Gasteiger partial charge on any atom is -0.386 e. The van der Waals surface area contributed by atoms with E-state index in [1.807, 2.05) is 40.4 Å². The predicted molar refractivity (Wildman–Crippen MR) is 81.9 cm³/mol. The molecule has 2 heterocycles. The van der Waals surface area contributed by atoms with E-state index < -0.39 is 6.10 Å². The maximum Gasteiger partial charge on any atom is 0.112 e. The molecule has 1 N–H and O–H groups in total. The zero-order valence-electron chi connectivity index (χ0n) is 12.4. The van der Waals surface area contributed by atoms with Crippen LogP contribution < -0.4 is 0 Å². The Labute approximate surface area is 123 Å². The molecule has 0 fully saturated rings. The van der Waals surface area contributed by atoms with E-state index in [4.69, 9.17) is 0 Å². The van der Waals surface area contributed by atoms with Crippen molar-refractivity contribution < 1.29 is 5.11 Å². The number of aryl methyl sites for hydroxylation is 2. The highest BCUT2D eigenvalue weighted by Crippen LogP contribution is 2.21. The topological polar surface area (TPSA) is 55.9 Å². The molecule has 0 bridgehead atoms. The van der Waals surface area contributed by atoms with Crippen LogP contribution in [0.4, 0.5) is 0 Å². The van der Waals surface area contributed by atoms with E-state index in [9.17, 15) is 5.11 Å². The van der Waals surface area contributed by atoms with Crippen molar-refractivity contribution in [2.45, 2.75) is 32.4 Å². The normalized spacial score (nSPS) is 12.9. The van der Waals surface area contributed by atoms with Gasteiger partial charge in [-0.15, -0.1) is 0 Å². The first-order chi connectivity index (χ1) is 10.2. The Morgan fingerprint density at radius 3 is 2.86 bits per heavy atom. The van der Waals surface area contributed by atoms with E-state index in [1.54, 1.807) is 12.5 Å². The fourth-order valence-electron chi connectivity index (χ4n) is 2.69. The van der Waals surface area contributed by atoms with Crippen LogP contribution in [-0.2, 0) is 20.0 Å². The smallest absolute Gasteiger partial charge is 0.112 e. The lowest BCUT2D eigenvalue weighted by Gasteiger charge is -2.13. The van der Waals surface area contributed by atoms with Gasteiger partial charge in [-0.2, -0.15) is 0 Å². The molecule has 1 unspecified atom stereocenters. The van der Waals surface area contributed by atoms with Crippen molar-refractivity contribution in [3.05, 3.63) is 48.3 Å². The molecule has 110 valence electrons. The van der Waals surface area contributed by atoms with Gasteiger partial charge in [0.1, 0.15) is 11.9 Å². The summed E-state index contributed by atoms with van der Waals surface area (Å²) in [7, 11) is 1.99. The maximum absolute atomic E-state index is 10.5.